The maximum absolute atomic E-state index is 13.3. The summed E-state index contributed by atoms with van der Waals surface area (Å²) in [7, 11) is -0.362. The fraction of sp³-hybridized carbons (Fsp3) is 0.263. The molecule has 0 amide bonds. The van der Waals surface area contributed by atoms with Gasteiger partial charge >= 0.3 is 12.4 Å². The lowest BCUT2D eigenvalue weighted by molar-refractivity contribution is -0.146. The van der Waals surface area contributed by atoms with Gasteiger partial charge in [-0.1, -0.05) is 6.92 Å². The lowest BCUT2D eigenvalue weighted by Gasteiger charge is -2.08. The number of aryl methyl sites for hydroxylation is 1. The van der Waals surface area contributed by atoms with Crippen LogP contribution in [-0.4, -0.2) is 34.4 Å². The third kappa shape index (κ3) is 3.97. The number of fused-ring (bicyclic) bond motifs is 2. The quantitative estimate of drug-likeness (QED) is 0.413. The van der Waals surface area contributed by atoms with Gasteiger partial charge in [-0.15, -0.1) is 0 Å². The molecular formula is C19H16F6N4O2S. The molecule has 0 saturated heterocycles. The number of aromatic nitrogens is 4. The molecule has 1 aromatic carbocycles. The Balaban J connectivity index is 0.00000289. The van der Waals surface area contributed by atoms with Crippen molar-refractivity contribution < 1.29 is 36.0 Å². The highest BCUT2D eigenvalue weighted by atomic mass is 32.2. The maximum atomic E-state index is 13.3. The summed E-state index contributed by atoms with van der Waals surface area (Å²) in [5.74, 6) is -0.925. The van der Waals surface area contributed by atoms with Crippen LogP contribution < -0.4 is 0 Å². The Labute approximate surface area is 179 Å². The summed E-state index contributed by atoms with van der Waals surface area (Å²) in [5.41, 5.74) is -0.320. The molecule has 3 heterocycles. The van der Waals surface area contributed by atoms with Crippen molar-refractivity contribution in [2.45, 2.75) is 24.2 Å². The second-order valence-electron chi connectivity index (χ2n) is 6.77. The Bertz CT molecular complexity index is 1340. The number of pyridine rings is 1. The zero-order chi connectivity index (χ0) is 22.7. The van der Waals surface area contributed by atoms with E-state index in [1.807, 2.05) is 0 Å². The highest BCUT2D eigenvalue weighted by Gasteiger charge is 2.37. The van der Waals surface area contributed by atoms with Crippen molar-refractivity contribution in [3.8, 4) is 11.3 Å². The van der Waals surface area contributed by atoms with E-state index in [4.69, 9.17) is 0 Å². The molecule has 6 nitrogen and oxygen atoms in total. The van der Waals surface area contributed by atoms with E-state index in [2.05, 4.69) is 9.97 Å². The number of imidazole rings is 2. The third-order valence-electron chi connectivity index (χ3n) is 4.81. The van der Waals surface area contributed by atoms with E-state index < -0.39 is 34.5 Å². The normalized spacial score (nSPS) is 13.5. The minimum absolute atomic E-state index is 0. The number of hydrogen-bond donors (Lipinski definition) is 0. The highest BCUT2D eigenvalue weighted by molar-refractivity contribution is 7.85. The van der Waals surface area contributed by atoms with Gasteiger partial charge in [0.05, 0.1) is 38.0 Å². The first-order chi connectivity index (χ1) is 14.4. The molecule has 0 aliphatic heterocycles. The number of alkyl halides is 6. The monoisotopic (exact) mass is 478 g/mol. The molecule has 1 unspecified atom stereocenters. The number of rotatable bonds is 3. The van der Waals surface area contributed by atoms with Crippen molar-refractivity contribution >= 4 is 27.5 Å². The van der Waals surface area contributed by atoms with Crippen molar-refractivity contribution in [3.63, 3.8) is 0 Å². The number of hydrogen-bond acceptors (Lipinski definition) is 3. The van der Waals surface area contributed by atoms with Gasteiger partial charge in [-0.2, -0.15) is 26.3 Å². The van der Waals surface area contributed by atoms with Gasteiger partial charge in [-0.05, 0) is 24.3 Å². The summed E-state index contributed by atoms with van der Waals surface area (Å²) in [5, 5.41) is 0. The van der Waals surface area contributed by atoms with Crippen molar-refractivity contribution in [2.24, 2.45) is 7.05 Å². The first kappa shape index (κ1) is 23.7. The summed E-state index contributed by atoms with van der Waals surface area (Å²) < 4.78 is 93.6. The van der Waals surface area contributed by atoms with Gasteiger partial charge in [0.1, 0.15) is 5.65 Å². The van der Waals surface area contributed by atoms with Crippen LogP contribution >= 0.6 is 0 Å². The summed E-state index contributed by atoms with van der Waals surface area (Å²) in [4.78, 5) is 8.07. The van der Waals surface area contributed by atoms with Crippen LogP contribution in [0.25, 0.3) is 27.9 Å². The fourth-order valence-corrected chi connectivity index (χ4v) is 4.27. The van der Waals surface area contributed by atoms with Gasteiger partial charge in [0, 0.05) is 30.8 Å². The lowest BCUT2D eigenvalue weighted by Crippen LogP contribution is -2.12. The van der Waals surface area contributed by atoms with Gasteiger partial charge in [0.2, 0.25) is 5.82 Å². The molecule has 0 saturated carbocycles. The second-order valence-corrected chi connectivity index (χ2v) is 8.48. The van der Waals surface area contributed by atoms with Gasteiger partial charge in [-0.25, -0.2) is 9.97 Å². The zero-order valence-electron chi connectivity index (χ0n) is 16.5. The molecule has 2 N–H and O–H groups in total. The van der Waals surface area contributed by atoms with Crippen LogP contribution in [0.2, 0.25) is 0 Å². The SMILES string of the molecule is CCS(=O)c1cc2c(cc1-c1cn3ccc(C(F)(F)F)cc3n1)nc(C(F)(F)F)n2C.O. The standard InChI is InChI=1S/C19H14F6N4OS.H2O/c1-3-31(30)15-8-14-12(27-17(28(14)2)19(23,24)25)7-11(15)13-9-29-5-4-10(18(20,21)22)6-16(29)26-13;/h4-9H,3H2,1-2H3;1H2. The second kappa shape index (κ2) is 7.89. The molecule has 4 aromatic rings. The molecule has 1 atom stereocenters. The van der Waals surface area contributed by atoms with Crippen LogP contribution in [0.15, 0.2) is 41.6 Å². The van der Waals surface area contributed by atoms with Crippen LogP contribution in [0, 0.1) is 0 Å². The lowest BCUT2D eigenvalue weighted by atomic mass is 10.1. The van der Waals surface area contributed by atoms with Crippen molar-refractivity contribution in [1.29, 1.82) is 0 Å². The van der Waals surface area contributed by atoms with Gasteiger partial charge < -0.3 is 14.4 Å². The minimum Gasteiger partial charge on any atom is -0.412 e. The first-order valence-electron chi connectivity index (χ1n) is 8.92. The summed E-state index contributed by atoms with van der Waals surface area (Å²) in [6.07, 6.45) is -6.62. The molecule has 32 heavy (non-hydrogen) atoms. The Kier molecular flexibility index (Phi) is 5.85. The smallest absolute Gasteiger partial charge is 0.412 e. The Morgan fingerprint density at radius 1 is 1.03 bits per heavy atom. The number of nitrogens with zero attached hydrogens (tertiary/aromatic N) is 4. The van der Waals surface area contributed by atoms with E-state index in [0.29, 0.717) is 0 Å². The van der Waals surface area contributed by atoms with Gasteiger partial charge in [0.15, 0.2) is 0 Å². The Morgan fingerprint density at radius 3 is 2.31 bits per heavy atom. The van der Waals surface area contributed by atoms with Gasteiger partial charge in [0.25, 0.3) is 0 Å². The molecular weight excluding hydrogens is 462 g/mol. The van der Waals surface area contributed by atoms with E-state index in [1.54, 1.807) is 6.92 Å². The molecule has 0 aliphatic rings. The topological polar surface area (TPSA) is 83.7 Å². The predicted molar refractivity (Wildman–Crippen MR) is 105 cm³/mol. The largest absolute Gasteiger partial charge is 0.449 e. The number of halogens is 6. The summed E-state index contributed by atoms with van der Waals surface area (Å²) >= 11 is 0. The maximum Gasteiger partial charge on any atom is 0.449 e. The molecule has 0 aliphatic carbocycles. The first-order valence-corrected chi connectivity index (χ1v) is 10.2. The Morgan fingerprint density at radius 2 is 1.72 bits per heavy atom. The molecule has 3 aromatic heterocycles. The van der Waals surface area contributed by atoms with E-state index >= 15 is 0 Å². The predicted octanol–water partition coefficient (Wildman–Crippen LogP) is 4.23. The molecule has 0 fully saturated rings. The zero-order valence-corrected chi connectivity index (χ0v) is 17.4. The van der Waals surface area contributed by atoms with E-state index in [1.165, 1.54) is 36.0 Å². The average molecular weight is 478 g/mol. The number of benzene rings is 1. The molecule has 0 radical (unpaired) electrons. The minimum atomic E-state index is -4.69. The summed E-state index contributed by atoms with van der Waals surface area (Å²) in [6.45, 7) is 1.65. The molecule has 4 rings (SSSR count). The fourth-order valence-electron chi connectivity index (χ4n) is 3.30. The molecule has 0 bridgehead atoms. The van der Waals surface area contributed by atoms with Crippen LogP contribution in [0.3, 0.4) is 0 Å². The van der Waals surface area contributed by atoms with E-state index in [9.17, 15) is 30.6 Å². The average Bonchev–Trinajstić information content (AvgIpc) is 3.26. The van der Waals surface area contributed by atoms with Crippen LogP contribution in [0.5, 0.6) is 0 Å². The van der Waals surface area contributed by atoms with E-state index in [0.717, 1.165) is 16.7 Å². The van der Waals surface area contributed by atoms with Crippen molar-refractivity contribution in [3.05, 3.63) is 48.0 Å². The van der Waals surface area contributed by atoms with Crippen LogP contribution in [0.1, 0.15) is 18.3 Å². The van der Waals surface area contributed by atoms with Crippen molar-refractivity contribution in [2.75, 3.05) is 5.75 Å². The van der Waals surface area contributed by atoms with Crippen LogP contribution in [-0.2, 0) is 30.2 Å². The van der Waals surface area contributed by atoms with Crippen LogP contribution in [0.4, 0.5) is 26.3 Å². The third-order valence-corrected chi connectivity index (χ3v) is 6.16. The van der Waals surface area contributed by atoms with Gasteiger partial charge in [-0.3, -0.25) is 4.21 Å². The molecule has 0 spiro atoms. The molecule has 172 valence electrons. The van der Waals surface area contributed by atoms with E-state index in [-0.39, 0.29) is 44.1 Å². The summed E-state index contributed by atoms with van der Waals surface area (Å²) in [6, 6.07) is 4.44. The van der Waals surface area contributed by atoms with Crippen molar-refractivity contribution in [1.82, 2.24) is 18.9 Å². The highest BCUT2D eigenvalue weighted by Crippen LogP contribution is 2.36. The Hall–Kier alpha value is -2.93. The molecule has 13 heteroatoms.